The van der Waals surface area contributed by atoms with Gasteiger partial charge in [0.25, 0.3) is 5.91 Å². The summed E-state index contributed by atoms with van der Waals surface area (Å²) in [5.74, 6) is 0.275. The third-order valence-electron chi connectivity index (χ3n) is 4.61. The number of hydrogen-bond acceptors (Lipinski definition) is 6. The molecule has 0 unspecified atom stereocenters. The fraction of sp³-hybridized carbons (Fsp3) is 0.227. The van der Waals surface area contributed by atoms with Gasteiger partial charge in [0.15, 0.2) is 15.6 Å². The molecular formula is C22H23NO6S. The van der Waals surface area contributed by atoms with Crippen LogP contribution in [0.15, 0.2) is 57.8 Å². The molecule has 0 aliphatic rings. The number of rotatable bonds is 7. The second-order valence-corrected chi connectivity index (χ2v) is 9.09. The van der Waals surface area contributed by atoms with Crippen molar-refractivity contribution in [1.29, 1.82) is 0 Å². The number of carbonyl (C=O) groups excluding carboxylic acids is 1. The normalized spacial score (nSPS) is 11.3. The number of ether oxygens (including phenoxy) is 1. The van der Waals surface area contributed by atoms with Gasteiger partial charge in [-0.05, 0) is 55.3 Å². The molecule has 0 saturated carbocycles. The first-order valence-electron chi connectivity index (χ1n) is 9.36. The molecular weight excluding hydrogens is 406 g/mol. The van der Waals surface area contributed by atoms with E-state index in [4.69, 9.17) is 9.15 Å². The maximum atomic E-state index is 12.5. The van der Waals surface area contributed by atoms with E-state index in [1.54, 1.807) is 6.07 Å². The third-order valence-corrected chi connectivity index (χ3v) is 6.34. The van der Waals surface area contributed by atoms with Crippen LogP contribution >= 0.6 is 0 Å². The van der Waals surface area contributed by atoms with Crippen LogP contribution in [0.25, 0.3) is 0 Å². The number of phenols is 1. The summed E-state index contributed by atoms with van der Waals surface area (Å²) in [7, 11) is -3.48. The van der Waals surface area contributed by atoms with Crippen molar-refractivity contribution in [3.63, 3.8) is 0 Å². The summed E-state index contributed by atoms with van der Waals surface area (Å²) >= 11 is 0. The van der Waals surface area contributed by atoms with Crippen molar-refractivity contribution in [1.82, 2.24) is 0 Å². The predicted molar refractivity (Wildman–Crippen MR) is 113 cm³/mol. The number of nitrogens with one attached hydrogen (secondary N) is 1. The highest BCUT2D eigenvalue weighted by Gasteiger charge is 2.18. The van der Waals surface area contributed by atoms with Crippen LogP contribution in [0.1, 0.15) is 34.4 Å². The Morgan fingerprint density at radius 2 is 1.80 bits per heavy atom. The highest BCUT2D eigenvalue weighted by Crippen LogP contribution is 2.28. The molecule has 0 fully saturated rings. The van der Waals surface area contributed by atoms with Crippen molar-refractivity contribution < 1.29 is 27.5 Å². The molecule has 3 rings (SSSR count). The molecule has 30 heavy (non-hydrogen) atoms. The van der Waals surface area contributed by atoms with E-state index >= 15 is 0 Å². The maximum Gasteiger partial charge on any atom is 0.291 e. The summed E-state index contributed by atoms with van der Waals surface area (Å²) in [5, 5.41) is 12.5. The van der Waals surface area contributed by atoms with Gasteiger partial charge in [0.1, 0.15) is 23.9 Å². The van der Waals surface area contributed by atoms with Gasteiger partial charge in [0.2, 0.25) is 0 Å². The van der Waals surface area contributed by atoms with Crippen molar-refractivity contribution >= 4 is 21.4 Å². The van der Waals surface area contributed by atoms with Gasteiger partial charge in [-0.15, -0.1) is 0 Å². The summed E-state index contributed by atoms with van der Waals surface area (Å²) in [6.07, 6.45) is 0. The van der Waals surface area contributed by atoms with E-state index in [1.807, 2.05) is 32.0 Å². The van der Waals surface area contributed by atoms with Crippen molar-refractivity contribution in [2.45, 2.75) is 32.3 Å². The van der Waals surface area contributed by atoms with Crippen molar-refractivity contribution in [2.75, 3.05) is 11.1 Å². The Bertz CT molecular complexity index is 1160. The molecule has 1 aromatic heterocycles. The Balaban J connectivity index is 1.72. The highest BCUT2D eigenvalue weighted by molar-refractivity contribution is 7.91. The van der Waals surface area contributed by atoms with Crippen LogP contribution in [0.2, 0.25) is 0 Å². The van der Waals surface area contributed by atoms with Gasteiger partial charge in [-0.2, -0.15) is 0 Å². The second-order valence-electron chi connectivity index (χ2n) is 6.81. The maximum absolute atomic E-state index is 12.5. The molecule has 3 aromatic rings. The molecule has 1 amide bonds. The molecule has 0 spiro atoms. The lowest BCUT2D eigenvalue weighted by Gasteiger charge is -2.10. The van der Waals surface area contributed by atoms with Gasteiger partial charge < -0.3 is 19.6 Å². The molecule has 7 nitrogen and oxygen atoms in total. The summed E-state index contributed by atoms with van der Waals surface area (Å²) in [4.78, 5) is 12.5. The zero-order valence-corrected chi connectivity index (χ0v) is 17.7. The molecule has 1 heterocycles. The van der Waals surface area contributed by atoms with Crippen LogP contribution < -0.4 is 10.1 Å². The fourth-order valence-electron chi connectivity index (χ4n) is 2.91. The van der Waals surface area contributed by atoms with Gasteiger partial charge in [-0.3, -0.25) is 4.79 Å². The molecule has 0 saturated heterocycles. The molecule has 0 aliphatic heterocycles. The average Bonchev–Trinajstić information content (AvgIpc) is 3.18. The number of amides is 1. The minimum atomic E-state index is -3.48. The zero-order valence-electron chi connectivity index (χ0n) is 16.9. The Morgan fingerprint density at radius 1 is 1.10 bits per heavy atom. The van der Waals surface area contributed by atoms with Gasteiger partial charge >= 0.3 is 0 Å². The lowest BCUT2D eigenvalue weighted by molar-refractivity contribution is 0.0992. The summed E-state index contributed by atoms with van der Waals surface area (Å²) < 4.78 is 35.4. The zero-order chi connectivity index (χ0) is 21.9. The minimum absolute atomic E-state index is 0.0123. The van der Waals surface area contributed by atoms with Gasteiger partial charge in [-0.1, -0.05) is 25.1 Å². The van der Waals surface area contributed by atoms with E-state index in [0.29, 0.717) is 5.76 Å². The molecule has 0 aliphatic carbocycles. The van der Waals surface area contributed by atoms with E-state index < -0.39 is 15.7 Å². The van der Waals surface area contributed by atoms with Gasteiger partial charge in [0, 0.05) is 0 Å². The molecule has 2 aromatic carbocycles. The molecule has 0 radical (unpaired) electrons. The van der Waals surface area contributed by atoms with E-state index in [-0.39, 0.29) is 34.5 Å². The first-order chi connectivity index (χ1) is 14.2. The number of aromatic hydroxyl groups is 1. The summed E-state index contributed by atoms with van der Waals surface area (Å²) in [5.41, 5.74) is 1.98. The lowest BCUT2D eigenvalue weighted by Crippen LogP contribution is -2.12. The first kappa shape index (κ1) is 21.4. The van der Waals surface area contributed by atoms with E-state index in [2.05, 4.69) is 5.32 Å². The number of aryl methyl sites for hydroxylation is 2. The number of anilines is 1. The fourth-order valence-corrected chi connectivity index (χ4v) is 3.81. The number of sulfone groups is 1. The Hall–Kier alpha value is -3.26. The number of phenolic OH excluding ortho intramolecular Hbond substituents is 1. The van der Waals surface area contributed by atoms with Crippen LogP contribution in [-0.4, -0.2) is 25.2 Å². The Morgan fingerprint density at radius 3 is 2.47 bits per heavy atom. The van der Waals surface area contributed by atoms with Crippen LogP contribution in [0.4, 0.5) is 5.69 Å². The Kier molecular flexibility index (Phi) is 6.17. The minimum Gasteiger partial charge on any atom is -0.506 e. The monoisotopic (exact) mass is 429 g/mol. The van der Waals surface area contributed by atoms with Crippen molar-refractivity contribution in [2.24, 2.45) is 0 Å². The SMILES string of the molecule is CCS(=O)(=O)c1ccc(O)c(NC(=O)c2ccc(COc3c(C)cccc3C)o2)c1. The predicted octanol–water partition coefficient (Wildman–Crippen LogP) is 4.23. The first-order valence-corrected chi connectivity index (χ1v) is 11.0. The molecule has 0 bridgehead atoms. The smallest absolute Gasteiger partial charge is 0.291 e. The molecule has 158 valence electrons. The van der Waals surface area contributed by atoms with Gasteiger partial charge in [-0.25, -0.2) is 8.42 Å². The Labute approximate surface area is 175 Å². The summed E-state index contributed by atoms with van der Waals surface area (Å²) in [6.45, 7) is 5.56. The van der Waals surface area contributed by atoms with Crippen LogP contribution in [0.3, 0.4) is 0 Å². The second kappa shape index (κ2) is 8.62. The van der Waals surface area contributed by atoms with E-state index in [0.717, 1.165) is 16.9 Å². The molecule has 8 heteroatoms. The van der Waals surface area contributed by atoms with Gasteiger partial charge in [0.05, 0.1) is 16.3 Å². The number of furan rings is 1. The average molecular weight is 429 g/mol. The standard InChI is InChI=1S/C22H23NO6S/c1-4-30(26,27)17-9-10-19(24)18(12-17)23-22(25)20-11-8-16(29-20)13-28-21-14(2)6-5-7-15(21)3/h5-12,24H,4,13H2,1-3H3,(H,23,25). The quantitative estimate of drug-likeness (QED) is 0.545. The number of para-hydroxylation sites is 1. The van der Waals surface area contributed by atoms with Crippen molar-refractivity contribution in [3.05, 3.63) is 71.2 Å². The number of carbonyl (C=O) groups is 1. The van der Waals surface area contributed by atoms with Crippen LogP contribution in [0.5, 0.6) is 11.5 Å². The van der Waals surface area contributed by atoms with E-state index in [9.17, 15) is 18.3 Å². The highest BCUT2D eigenvalue weighted by atomic mass is 32.2. The van der Waals surface area contributed by atoms with Crippen LogP contribution in [-0.2, 0) is 16.4 Å². The number of benzene rings is 2. The lowest BCUT2D eigenvalue weighted by atomic mass is 10.1. The number of hydrogen-bond donors (Lipinski definition) is 2. The third kappa shape index (κ3) is 4.65. The topological polar surface area (TPSA) is 106 Å². The molecule has 2 N–H and O–H groups in total. The molecule has 0 atom stereocenters. The van der Waals surface area contributed by atoms with Crippen molar-refractivity contribution in [3.8, 4) is 11.5 Å². The largest absolute Gasteiger partial charge is 0.506 e. The van der Waals surface area contributed by atoms with Crippen LogP contribution in [0, 0.1) is 13.8 Å². The summed E-state index contributed by atoms with van der Waals surface area (Å²) in [6, 6.07) is 12.7. The van der Waals surface area contributed by atoms with E-state index in [1.165, 1.54) is 31.2 Å².